The summed E-state index contributed by atoms with van der Waals surface area (Å²) in [5.41, 5.74) is 3.36. The average molecular weight is 683 g/mol. The maximum Gasteiger partial charge on any atom is 0.315 e. The Morgan fingerprint density at radius 1 is 0.940 bits per heavy atom. The van der Waals surface area contributed by atoms with Gasteiger partial charge in [0, 0.05) is 50.6 Å². The molecule has 4 aromatic rings. The zero-order valence-electron chi connectivity index (χ0n) is 28.2. The molecular weight excluding hydrogens is 636 g/mol. The third kappa shape index (κ3) is 7.23. The van der Waals surface area contributed by atoms with Crippen molar-refractivity contribution >= 4 is 34.9 Å². The molecule has 6 atom stereocenters. The Bertz CT molecular complexity index is 1730. The van der Waals surface area contributed by atoms with Crippen LogP contribution in [0.25, 0.3) is 11.2 Å². The molecule has 2 saturated heterocycles. The molecule has 1 unspecified atom stereocenters. The lowest BCUT2D eigenvalue weighted by Gasteiger charge is -2.22. The lowest BCUT2D eigenvalue weighted by atomic mass is 9.91. The molecule has 264 valence electrons. The lowest BCUT2D eigenvalue weighted by molar-refractivity contribution is -0.122. The molecule has 2 aliphatic heterocycles. The minimum Gasteiger partial charge on any atom is -0.388 e. The molecule has 4 heterocycles. The van der Waals surface area contributed by atoms with E-state index in [1.165, 1.54) is 0 Å². The number of hydrogen-bond acceptors (Lipinski definition) is 10. The molecule has 1 aliphatic carbocycles. The predicted octanol–water partition coefficient (Wildman–Crippen LogP) is 1.87. The van der Waals surface area contributed by atoms with E-state index in [4.69, 9.17) is 15.0 Å². The second-order valence-electron chi connectivity index (χ2n) is 13.5. The number of imidazole rings is 1. The van der Waals surface area contributed by atoms with Crippen LogP contribution in [-0.4, -0.2) is 105 Å². The molecule has 7 N–H and O–H groups in total. The van der Waals surface area contributed by atoms with Gasteiger partial charge in [-0.2, -0.15) is 9.97 Å². The Balaban J connectivity index is 1.18. The van der Waals surface area contributed by atoms with Gasteiger partial charge in [-0.3, -0.25) is 4.79 Å². The fourth-order valence-corrected chi connectivity index (χ4v) is 7.40. The number of aliphatic hydroxyl groups excluding tert-OH is 2. The summed E-state index contributed by atoms with van der Waals surface area (Å²) in [6, 6.07) is 19.3. The Morgan fingerprint density at radius 2 is 1.66 bits per heavy atom. The predicted molar refractivity (Wildman–Crippen MR) is 190 cm³/mol. The van der Waals surface area contributed by atoms with Crippen LogP contribution in [0, 0.1) is 0 Å². The van der Waals surface area contributed by atoms with Crippen molar-refractivity contribution in [1.82, 2.24) is 40.8 Å². The third-order valence-electron chi connectivity index (χ3n) is 10.2. The second kappa shape index (κ2) is 15.0. The topological polar surface area (TPSA) is 182 Å². The van der Waals surface area contributed by atoms with Gasteiger partial charge < -0.3 is 46.3 Å². The van der Waals surface area contributed by atoms with Gasteiger partial charge in [0.2, 0.25) is 11.9 Å². The van der Waals surface area contributed by atoms with Crippen LogP contribution < -0.4 is 31.5 Å². The summed E-state index contributed by atoms with van der Waals surface area (Å²) in [5.74, 6) is 0.862. The molecule has 1 saturated carbocycles. The molecule has 2 aromatic heterocycles. The van der Waals surface area contributed by atoms with Crippen LogP contribution in [0.5, 0.6) is 0 Å². The largest absolute Gasteiger partial charge is 0.388 e. The summed E-state index contributed by atoms with van der Waals surface area (Å²) in [4.78, 5) is 41.7. The number of hydrogen-bond donors (Lipinski definition) is 7. The molecule has 0 spiro atoms. The van der Waals surface area contributed by atoms with Crippen molar-refractivity contribution in [2.45, 2.75) is 74.9 Å². The maximum absolute atomic E-state index is 12.7. The number of nitrogens with zero attached hydrogens (tertiary/aromatic N) is 5. The standard InChI is InChI=1S/C36H46N10O4/c1-2-29(47)42-27-17-28(32(49)31(27)48)46-21-39-30-33(38-19-26(22-9-5-3-6-10-22)23-11-7-4-8-12-23)43-35(44-34(30)46)45-16-14-25(20-45)41-36(50)40-24-13-15-37-18-24/h3-12,21,24-28,31-32,37,48-49H,2,13-20H2,1H3,(H,42,47)(H,38,43,44)(H2,40,41,50)/t24-,25-,27+,28?,31-,32+/m1/s1. The van der Waals surface area contributed by atoms with Crippen molar-refractivity contribution < 1.29 is 19.8 Å². The van der Waals surface area contributed by atoms with Crippen LogP contribution in [0.1, 0.15) is 55.7 Å². The van der Waals surface area contributed by atoms with E-state index in [2.05, 4.69) is 55.7 Å². The minimum atomic E-state index is -1.14. The van der Waals surface area contributed by atoms with Crippen molar-refractivity contribution in [3.63, 3.8) is 0 Å². The Kier molecular flexibility index (Phi) is 10.1. The summed E-state index contributed by atoms with van der Waals surface area (Å²) in [5, 5.41) is 37.9. The van der Waals surface area contributed by atoms with Gasteiger partial charge in [-0.1, -0.05) is 67.6 Å². The van der Waals surface area contributed by atoms with Crippen LogP contribution in [-0.2, 0) is 4.79 Å². The normalized spacial score (nSPS) is 24.9. The molecule has 50 heavy (non-hydrogen) atoms. The van der Waals surface area contributed by atoms with Crippen molar-refractivity contribution in [3.05, 3.63) is 78.1 Å². The minimum absolute atomic E-state index is 0.0247. The van der Waals surface area contributed by atoms with E-state index in [1.54, 1.807) is 17.8 Å². The lowest BCUT2D eigenvalue weighted by Crippen LogP contribution is -2.47. The van der Waals surface area contributed by atoms with Gasteiger partial charge in [-0.25, -0.2) is 9.78 Å². The van der Waals surface area contributed by atoms with Crippen molar-refractivity contribution in [1.29, 1.82) is 0 Å². The van der Waals surface area contributed by atoms with E-state index >= 15 is 0 Å². The van der Waals surface area contributed by atoms with E-state index in [1.807, 2.05) is 36.4 Å². The van der Waals surface area contributed by atoms with Crippen molar-refractivity contribution in [3.8, 4) is 0 Å². The first-order valence-corrected chi connectivity index (χ1v) is 17.6. The molecule has 0 bridgehead atoms. The highest BCUT2D eigenvalue weighted by Gasteiger charge is 2.44. The van der Waals surface area contributed by atoms with Gasteiger partial charge in [-0.05, 0) is 36.9 Å². The van der Waals surface area contributed by atoms with Crippen LogP contribution in [0.15, 0.2) is 67.0 Å². The molecule has 7 rings (SSSR count). The number of anilines is 2. The molecule has 14 nitrogen and oxygen atoms in total. The first-order chi connectivity index (χ1) is 24.4. The molecule has 2 aromatic carbocycles. The number of aliphatic hydroxyl groups is 2. The molecule has 0 radical (unpaired) electrons. The van der Waals surface area contributed by atoms with Gasteiger partial charge in [0.1, 0.15) is 12.2 Å². The van der Waals surface area contributed by atoms with Gasteiger partial charge in [0.25, 0.3) is 0 Å². The van der Waals surface area contributed by atoms with Gasteiger partial charge in [-0.15, -0.1) is 0 Å². The van der Waals surface area contributed by atoms with Crippen LogP contribution in [0.3, 0.4) is 0 Å². The number of rotatable bonds is 11. The third-order valence-corrected chi connectivity index (χ3v) is 10.2. The first kappa shape index (κ1) is 33.7. The molecule has 3 amide bonds. The van der Waals surface area contributed by atoms with Crippen molar-refractivity contribution in [2.75, 3.05) is 42.9 Å². The number of benzene rings is 2. The summed E-state index contributed by atoms with van der Waals surface area (Å²) < 4.78 is 1.79. The van der Waals surface area contributed by atoms with E-state index in [0.29, 0.717) is 49.0 Å². The fourth-order valence-electron chi connectivity index (χ4n) is 7.40. The smallest absolute Gasteiger partial charge is 0.315 e. The summed E-state index contributed by atoms with van der Waals surface area (Å²) in [6.45, 7) is 5.12. The van der Waals surface area contributed by atoms with Gasteiger partial charge >= 0.3 is 6.03 Å². The summed E-state index contributed by atoms with van der Waals surface area (Å²) in [7, 11) is 0. The van der Waals surface area contributed by atoms with Gasteiger partial charge in [0.15, 0.2) is 17.0 Å². The number of fused-ring (bicyclic) bond motifs is 1. The number of aromatic nitrogens is 4. The first-order valence-electron chi connectivity index (χ1n) is 17.6. The monoisotopic (exact) mass is 682 g/mol. The molecular formula is C36H46N10O4. The maximum atomic E-state index is 12.7. The zero-order valence-corrected chi connectivity index (χ0v) is 28.2. The van der Waals surface area contributed by atoms with Crippen LogP contribution >= 0.6 is 0 Å². The highest BCUT2D eigenvalue weighted by Crippen LogP contribution is 2.35. The van der Waals surface area contributed by atoms with E-state index < -0.39 is 24.3 Å². The van der Waals surface area contributed by atoms with Crippen molar-refractivity contribution in [2.24, 2.45) is 0 Å². The Hall–Kier alpha value is -4.79. The fraction of sp³-hybridized carbons (Fsp3) is 0.472. The van der Waals surface area contributed by atoms with Crippen LogP contribution in [0.2, 0.25) is 0 Å². The number of carbonyl (C=O) groups is 2. The number of urea groups is 1. The Labute approximate surface area is 291 Å². The zero-order chi connectivity index (χ0) is 34.6. The average Bonchev–Trinajstić information content (AvgIpc) is 3.95. The number of carbonyl (C=O) groups excluding carboxylic acids is 2. The van der Waals surface area contributed by atoms with Gasteiger partial charge in [0.05, 0.1) is 18.4 Å². The molecule has 3 fully saturated rings. The number of nitrogens with one attached hydrogen (secondary N) is 5. The number of amides is 3. The second-order valence-corrected chi connectivity index (χ2v) is 13.5. The Morgan fingerprint density at radius 3 is 2.34 bits per heavy atom. The van der Waals surface area contributed by atoms with E-state index in [0.717, 1.165) is 37.1 Å². The highest BCUT2D eigenvalue weighted by atomic mass is 16.3. The van der Waals surface area contributed by atoms with E-state index in [9.17, 15) is 19.8 Å². The van der Waals surface area contributed by atoms with E-state index in [-0.39, 0.29) is 36.4 Å². The quantitative estimate of drug-likeness (QED) is 0.123. The molecule has 14 heteroatoms. The van der Waals surface area contributed by atoms with Crippen LogP contribution in [0.4, 0.5) is 16.6 Å². The summed E-state index contributed by atoms with van der Waals surface area (Å²) >= 11 is 0. The highest BCUT2D eigenvalue weighted by molar-refractivity contribution is 5.85. The molecule has 3 aliphatic rings. The summed E-state index contributed by atoms with van der Waals surface area (Å²) in [6.07, 6.45) is 1.58. The SMILES string of the molecule is CCC(=O)N[C@H]1CC(n2cnc3c(NCC(c4ccccc4)c4ccccc4)nc(N4CC[C@@H](NC(=O)N[C@@H]5CCNC5)C4)nc32)[C@H](O)[C@@H]1O.